The van der Waals surface area contributed by atoms with E-state index in [1.165, 1.54) is 59.5 Å². The molecule has 0 aliphatic rings. The summed E-state index contributed by atoms with van der Waals surface area (Å²) in [4.78, 5) is 27.9. The first kappa shape index (κ1) is 29.4. The monoisotopic (exact) mass is 579 g/mol. The lowest BCUT2D eigenvalue weighted by molar-refractivity contribution is -0.139. The van der Waals surface area contributed by atoms with Gasteiger partial charge in [0.2, 0.25) is 11.8 Å². The standard InChI is InChI=1S/C27H28Cl2FN3O4S/c1-18(2)31-27(35)19(3)32(16-20-9-12-22(30)13-10-20)26(34)17-33(25-15-21(28)11-14-24(25)29)38(36,37)23-7-5-4-6-8-23/h4-15,18-19H,16-17H2,1-3H3,(H,31,35). The Morgan fingerprint density at radius 1 is 0.947 bits per heavy atom. The van der Waals surface area contributed by atoms with Gasteiger partial charge in [-0.05, 0) is 68.8 Å². The first-order chi connectivity index (χ1) is 17.9. The van der Waals surface area contributed by atoms with Gasteiger partial charge in [0, 0.05) is 17.6 Å². The number of amides is 2. The molecule has 0 saturated carbocycles. The van der Waals surface area contributed by atoms with E-state index >= 15 is 0 Å². The molecule has 202 valence electrons. The van der Waals surface area contributed by atoms with Crippen molar-refractivity contribution in [3.8, 4) is 0 Å². The van der Waals surface area contributed by atoms with E-state index in [4.69, 9.17) is 23.2 Å². The van der Waals surface area contributed by atoms with Crippen LogP contribution in [0.25, 0.3) is 0 Å². The van der Waals surface area contributed by atoms with Crippen LogP contribution in [0.5, 0.6) is 0 Å². The number of carbonyl (C=O) groups excluding carboxylic acids is 2. The molecule has 3 aromatic carbocycles. The van der Waals surface area contributed by atoms with Crippen molar-refractivity contribution in [3.63, 3.8) is 0 Å². The summed E-state index contributed by atoms with van der Waals surface area (Å²) in [7, 11) is -4.27. The van der Waals surface area contributed by atoms with Crippen LogP contribution in [0.2, 0.25) is 10.0 Å². The van der Waals surface area contributed by atoms with E-state index in [9.17, 15) is 22.4 Å². The summed E-state index contributed by atoms with van der Waals surface area (Å²) >= 11 is 12.5. The third-order valence-corrected chi connectivity index (χ3v) is 7.98. The molecule has 11 heteroatoms. The molecule has 38 heavy (non-hydrogen) atoms. The minimum absolute atomic E-state index is 0.0115. The van der Waals surface area contributed by atoms with Crippen molar-refractivity contribution in [1.29, 1.82) is 0 Å². The predicted octanol–water partition coefficient (Wildman–Crippen LogP) is 5.27. The maximum Gasteiger partial charge on any atom is 0.264 e. The molecule has 2 amide bonds. The van der Waals surface area contributed by atoms with Crippen LogP contribution < -0.4 is 9.62 Å². The number of nitrogens with one attached hydrogen (secondary N) is 1. The molecule has 0 spiro atoms. The molecule has 0 aliphatic heterocycles. The van der Waals surface area contributed by atoms with Crippen LogP contribution in [0, 0.1) is 5.82 Å². The zero-order chi connectivity index (χ0) is 28.0. The fourth-order valence-electron chi connectivity index (χ4n) is 3.68. The van der Waals surface area contributed by atoms with Crippen LogP contribution in [0.15, 0.2) is 77.7 Å². The van der Waals surface area contributed by atoms with E-state index in [1.807, 2.05) is 0 Å². The number of benzene rings is 3. The highest BCUT2D eigenvalue weighted by molar-refractivity contribution is 7.92. The molecule has 3 aromatic rings. The number of hydrogen-bond donors (Lipinski definition) is 1. The Labute approximate surface area is 232 Å². The van der Waals surface area contributed by atoms with Crippen LogP contribution in [-0.4, -0.2) is 43.8 Å². The van der Waals surface area contributed by atoms with E-state index < -0.39 is 40.2 Å². The average Bonchev–Trinajstić information content (AvgIpc) is 2.88. The van der Waals surface area contributed by atoms with Gasteiger partial charge in [-0.2, -0.15) is 0 Å². The van der Waals surface area contributed by atoms with Crippen molar-refractivity contribution in [1.82, 2.24) is 10.2 Å². The predicted molar refractivity (Wildman–Crippen MR) is 147 cm³/mol. The molecule has 1 unspecified atom stereocenters. The second-order valence-corrected chi connectivity index (χ2v) is 11.6. The van der Waals surface area contributed by atoms with Crippen LogP contribution >= 0.6 is 23.2 Å². The van der Waals surface area contributed by atoms with Crippen molar-refractivity contribution in [2.75, 3.05) is 10.8 Å². The molecule has 0 heterocycles. The van der Waals surface area contributed by atoms with E-state index in [2.05, 4.69) is 5.32 Å². The van der Waals surface area contributed by atoms with Crippen molar-refractivity contribution in [2.24, 2.45) is 0 Å². The molecule has 1 N–H and O–H groups in total. The summed E-state index contributed by atoms with van der Waals surface area (Å²) in [6.07, 6.45) is 0. The van der Waals surface area contributed by atoms with E-state index in [-0.39, 0.29) is 33.2 Å². The number of hydrogen-bond acceptors (Lipinski definition) is 4. The number of nitrogens with zero attached hydrogens (tertiary/aromatic N) is 2. The molecule has 0 radical (unpaired) electrons. The zero-order valence-electron chi connectivity index (χ0n) is 21.1. The van der Waals surface area contributed by atoms with Crippen molar-refractivity contribution < 1.29 is 22.4 Å². The molecule has 0 saturated heterocycles. The summed E-state index contributed by atoms with van der Waals surface area (Å²) in [6, 6.07) is 16.2. The van der Waals surface area contributed by atoms with Gasteiger partial charge in [-0.25, -0.2) is 12.8 Å². The molecule has 3 rings (SSSR count). The normalized spacial score (nSPS) is 12.2. The van der Waals surface area contributed by atoms with E-state index in [1.54, 1.807) is 39.0 Å². The molecular weight excluding hydrogens is 552 g/mol. The SMILES string of the molecule is CC(C)NC(=O)C(C)N(Cc1ccc(F)cc1)C(=O)CN(c1cc(Cl)ccc1Cl)S(=O)(=O)c1ccccc1. The van der Waals surface area contributed by atoms with Crippen LogP contribution in [0.3, 0.4) is 0 Å². The van der Waals surface area contributed by atoms with Crippen LogP contribution in [-0.2, 0) is 26.2 Å². The average molecular weight is 581 g/mol. The largest absolute Gasteiger partial charge is 0.352 e. The van der Waals surface area contributed by atoms with Gasteiger partial charge < -0.3 is 10.2 Å². The molecule has 0 bridgehead atoms. The summed E-state index contributed by atoms with van der Waals surface area (Å²) < 4.78 is 41.8. The lowest BCUT2D eigenvalue weighted by atomic mass is 10.1. The van der Waals surface area contributed by atoms with Gasteiger partial charge in [0.05, 0.1) is 15.6 Å². The Hall–Kier alpha value is -3.14. The first-order valence-electron chi connectivity index (χ1n) is 11.8. The Morgan fingerprint density at radius 3 is 2.18 bits per heavy atom. The lowest BCUT2D eigenvalue weighted by Gasteiger charge is -2.32. The highest BCUT2D eigenvalue weighted by Gasteiger charge is 2.33. The van der Waals surface area contributed by atoms with Crippen LogP contribution in [0.1, 0.15) is 26.3 Å². The van der Waals surface area contributed by atoms with Gasteiger partial charge >= 0.3 is 0 Å². The second kappa shape index (κ2) is 12.6. The highest BCUT2D eigenvalue weighted by atomic mass is 35.5. The van der Waals surface area contributed by atoms with E-state index in [0.717, 1.165) is 4.31 Å². The maximum atomic E-state index is 13.8. The topological polar surface area (TPSA) is 86.8 Å². The van der Waals surface area contributed by atoms with Gasteiger partial charge in [-0.15, -0.1) is 0 Å². The van der Waals surface area contributed by atoms with Crippen molar-refractivity contribution >= 4 is 50.7 Å². The fourth-order valence-corrected chi connectivity index (χ4v) is 5.57. The van der Waals surface area contributed by atoms with Crippen molar-refractivity contribution in [2.45, 2.75) is 44.3 Å². The Morgan fingerprint density at radius 2 is 1.58 bits per heavy atom. The molecule has 0 aromatic heterocycles. The number of anilines is 1. The number of halogens is 3. The number of sulfonamides is 1. The Kier molecular flexibility index (Phi) is 9.76. The smallest absolute Gasteiger partial charge is 0.264 e. The van der Waals surface area contributed by atoms with Gasteiger partial charge in [0.1, 0.15) is 18.4 Å². The van der Waals surface area contributed by atoms with Gasteiger partial charge in [0.25, 0.3) is 10.0 Å². The fraction of sp³-hybridized carbons (Fsp3) is 0.259. The number of rotatable bonds is 10. The van der Waals surface area contributed by atoms with Crippen molar-refractivity contribution in [3.05, 3.63) is 94.2 Å². The second-order valence-electron chi connectivity index (χ2n) is 8.91. The minimum Gasteiger partial charge on any atom is -0.352 e. The molecule has 7 nitrogen and oxygen atoms in total. The third kappa shape index (κ3) is 7.24. The molecule has 1 atom stereocenters. The Balaban J connectivity index is 2.06. The van der Waals surface area contributed by atoms with Gasteiger partial charge in [-0.1, -0.05) is 53.5 Å². The first-order valence-corrected chi connectivity index (χ1v) is 14.0. The summed E-state index contributed by atoms with van der Waals surface area (Å²) in [5.41, 5.74) is 0.569. The maximum absolute atomic E-state index is 13.8. The lowest BCUT2D eigenvalue weighted by Crippen LogP contribution is -2.52. The van der Waals surface area contributed by atoms with Gasteiger partial charge in [0.15, 0.2) is 0 Å². The highest BCUT2D eigenvalue weighted by Crippen LogP contribution is 2.33. The summed E-state index contributed by atoms with van der Waals surface area (Å²) in [6.45, 7) is 4.38. The van der Waals surface area contributed by atoms with Gasteiger partial charge in [-0.3, -0.25) is 13.9 Å². The molecular formula is C27H28Cl2FN3O4S. The van der Waals surface area contributed by atoms with Crippen LogP contribution in [0.4, 0.5) is 10.1 Å². The molecule has 0 aliphatic carbocycles. The zero-order valence-corrected chi connectivity index (χ0v) is 23.4. The Bertz CT molecular complexity index is 1390. The minimum atomic E-state index is -4.27. The molecule has 0 fully saturated rings. The number of carbonyl (C=O) groups is 2. The quantitative estimate of drug-likeness (QED) is 0.354. The van der Waals surface area contributed by atoms with E-state index in [0.29, 0.717) is 5.56 Å². The summed E-state index contributed by atoms with van der Waals surface area (Å²) in [5, 5.41) is 3.05. The summed E-state index contributed by atoms with van der Waals surface area (Å²) in [5.74, 6) is -1.54. The third-order valence-electron chi connectivity index (χ3n) is 5.65.